The molecule has 0 spiro atoms. The fourth-order valence-electron chi connectivity index (χ4n) is 0.844. The summed E-state index contributed by atoms with van der Waals surface area (Å²) in [6.45, 7) is 0. The summed E-state index contributed by atoms with van der Waals surface area (Å²) in [4.78, 5) is 10.2. The molecule has 0 atom stereocenters. The average Bonchev–Trinajstić information content (AvgIpc) is 2.11. The summed E-state index contributed by atoms with van der Waals surface area (Å²) in [6, 6.07) is 4.88. The molecule has 1 aromatic carbocycles. The summed E-state index contributed by atoms with van der Waals surface area (Å²) in [5.41, 5.74) is 0.421. The SMILES string of the molecule is O=C([O-])C(S)=Cc1c(Cl)cccc1Cl.[K+]. The number of halogens is 2. The fourth-order valence-corrected chi connectivity index (χ4v) is 1.48. The van der Waals surface area contributed by atoms with E-state index in [4.69, 9.17) is 23.2 Å². The number of carboxylic acid groups (broad SMARTS) is 1. The molecular formula is C9H5Cl2KO2S. The Morgan fingerprint density at radius 1 is 1.33 bits per heavy atom. The van der Waals surface area contributed by atoms with Crippen LogP contribution in [0.25, 0.3) is 6.08 Å². The van der Waals surface area contributed by atoms with Gasteiger partial charge in [-0.15, -0.1) is 12.6 Å². The van der Waals surface area contributed by atoms with Gasteiger partial charge >= 0.3 is 51.4 Å². The first-order valence-corrected chi connectivity index (χ1v) is 4.78. The maximum atomic E-state index is 10.4. The van der Waals surface area contributed by atoms with Gasteiger partial charge in [0.15, 0.2) is 0 Å². The summed E-state index contributed by atoms with van der Waals surface area (Å²) in [5, 5.41) is 11.1. The first-order valence-electron chi connectivity index (χ1n) is 3.58. The van der Waals surface area contributed by atoms with Crippen molar-refractivity contribution in [3.63, 3.8) is 0 Å². The fraction of sp³-hybridized carbons (Fsp3) is 0. The van der Waals surface area contributed by atoms with E-state index in [2.05, 4.69) is 12.6 Å². The number of benzene rings is 1. The minimum absolute atomic E-state index is 0. The quantitative estimate of drug-likeness (QED) is 0.431. The Balaban J connectivity index is 0.00000196. The molecule has 0 saturated heterocycles. The molecule has 0 aliphatic rings. The first kappa shape index (κ1) is 16.0. The van der Waals surface area contributed by atoms with Crippen LogP contribution in [0.4, 0.5) is 0 Å². The molecule has 0 bridgehead atoms. The number of thiol groups is 1. The van der Waals surface area contributed by atoms with Crippen molar-refractivity contribution in [1.82, 2.24) is 0 Å². The van der Waals surface area contributed by atoms with Crippen LogP contribution in [0.5, 0.6) is 0 Å². The molecule has 0 fully saturated rings. The number of hydrogen-bond donors (Lipinski definition) is 1. The molecule has 2 nitrogen and oxygen atoms in total. The molecule has 74 valence electrons. The summed E-state index contributed by atoms with van der Waals surface area (Å²) in [6.07, 6.45) is 1.25. The molecule has 0 radical (unpaired) electrons. The Morgan fingerprint density at radius 3 is 2.20 bits per heavy atom. The van der Waals surface area contributed by atoms with Crippen LogP contribution >= 0.6 is 35.8 Å². The first-order chi connectivity index (χ1) is 6.52. The van der Waals surface area contributed by atoms with Gasteiger partial charge in [0.05, 0.1) is 5.97 Å². The van der Waals surface area contributed by atoms with Crippen molar-refractivity contribution in [3.05, 3.63) is 38.7 Å². The van der Waals surface area contributed by atoms with Crippen molar-refractivity contribution >= 4 is 47.9 Å². The molecule has 0 saturated carbocycles. The Kier molecular flexibility index (Phi) is 7.84. The van der Waals surface area contributed by atoms with Crippen molar-refractivity contribution in [1.29, 1.82) is 0 Å². The number of carbonyl (C=O) groups excluding carboxylic acids is 1. The minimum atomic E-state index is -1.37. The molecule has 0 aromatic heterocycles. The van der Waals surface area contributed by atoms with Crippen molar-refractivity contribution in [3.8, 4) is 0 Å². The number of rotatable bonds is 2. The summed E-state index contributed by atoms with van der Waals surface area (Å²) in [7, 11) is 0. The molecule has 0 unspecified atom stereocenters. The van der Waals surface area contributed by atoms with Crippen molar-refractivity contribution in [2.24, 2.45) is 0 Å². The molecule has 0 heterocycles. The average molecular weight is 287 g/mol. The number of carboxylic acids is 1. The zero-order valence-electron chi connectivity index (χ0n) is 7.83. The monoisotopic (exact) mass is 286 g/mol. The van der Waals surface area contributed by atoms with Gasteiger partial charge in [0, 0.05) is 20.5 Å². The van der Waals surface area contributed by atoms with Gasteiger partial charge in [-0.05, 0) is 18.2 Å². The molecule has 0 aliphatic carbocycles. The number of aliphatic carboxylic acids is 1. The third kappa shape index (κ3) is 4.79. The molecule has 1 rings (SSSR count). The van der Waals surface area contributed by atoms with Crippen LogP contribution in [-0.2, 0) is 4.79 Å². The van der Waals surface area contributed by atoms with E-state index in [-0.39, 0.29) is 56.3 Å². The zero-order valence-corrected chi connectivity index (χ0v) is 13.4. The van der Waals surface area contributed by atoms with Crippen LogP contribution in [0.3, 0.4) is 0 Å². The van der Waals surface area contributed by atoms with Crippen LogP contribution in [-0.4, -0.2) is 5.97 Å². The molecule has 6 heteroatoms. The number of carbonyl (C=O) groups is 1. The van der Waals surface area contributed by atoms with E-state index in [1.165, 1.54) is 6.08 Å². The van der Waals surface area contributed by atoms with E-state index in [9.17, 15) is 9.90 Å². The smallest absolute Gasteiger partial charge is 0.544 e. The Bertz CT molecular complexity index is 387. The zero-order chi connectivity index (χ0) is 10.7. The van der Waals surface area contributed by atoms with E-state index in [1.807, 2.05) is 0 Å². The predicted molar refractivity (Wildman–Crippen MR) is 58.4 cm³/mol. The van der Waals surface area contributed by atoms with Crippen molar-refractivity contribution in [2.45, 2.75) is 0 Å². The van der Waals surface area contributed by atoms with Gasteiger partial charge in [0.2, 0.25) is 0 Å². The van der Waals surface area contributed by atoms with Gasteiger partial charge in [0.1, 0.15) is 0 Å². The standard InChI is InChI=1S/C9H6Cl2O2S.K/c10-6-2-1-3-7(11)5(6)4-8(14)9(12)13;/h1-4,14H,(H,12,13);/q;+1/p-1. The second-order valence-electron chi connectivity index (χ2n) is 2.45. The Morgan fingerprint density at radius 2 is 1.80 bits per heavy atom. The second kappa shape index (κ2) is 7.35. The van der Waals surface area contributed by atoms with Crippen molar-refractivity contribution < 1.29 is 61.3 Å². The van der Waals surface area contributed by atoms with E-state index >= 15 is 0 Å². The molecule has 0 amide bonds. The van der Waals surface area contributed by atoms with Crippen LogP contribution in [0.1, 0.15) is 5.56 Å². The summed E-state index contributed by atoms with van der Waals surface area (Å²) >= 11 is 15.3. The molecule has 0 N–H and O–H groups in total. The molecular weight excluding hydrogens is 282 g/mol. The van der Waals surface area contributed by atoms with Crippen LogP contribution in [0.2, 0.25) is 10.0 Å². The Hall–Kier alpha value is 0.996. The molecule has 15 heavy (non-hydrogen) atoms. The molecule has 1 aromatic rings. The largest absolute Gasteiger partial charge is 1.00 e. The van der Waals surface area contributed by atoms with Gasteiger partial charge in [-0.3, -0.25) is 0 Å². The van der Waals surface area contributed by atoms with Gasteiger partial charge < -0.3 is 9.90 Å². The Labute approximate surface area is 145 Å². The van der Waals surface area contributed by atoms with E-state index < -0.39 is 5.97 Å². The summed E-state index contributed by atoms with van der Waals surface area (Å²) < 4.78 is 0. The topological polar surface area (TPSA) is 40.1 Å². The van der Waals surface area contributed by atoms with Crippen molar-refractivity contribution in [2.75, 3.05) is 0 Å². The molecule has 0 aliphatic heterocycles. The minimum Gasteiger partial charge on any atom is -0.544 e. The van der Waals surface area contributed by atoms with Crippen LogP contribution < -0.4 is 56.5 Å². The normalized spacial score (nSPS) is 10.7. The van der Waals surface area contributed by atoms with Gasteiger partial charge in [-0.25, -0.2) is 0 Å². The van der Waals surface area contributed by atoms with E-state index in [0.717, 1.165) is 0 Å². The van der Waals surface area contributed by atoms with Gasteiger partial charge in [-0.1, -0.05) is 29.3 Å². The van der Waals surface area contributed by atoms with E-state index in [0.29, 0.717) is 15.6 Å². The maximum Gasteiger partial charge on any atom is 1.00 e. The third-order valence-corrected chi connectivity index (χ3v) is 2.46. The predicted octanol–water partition coefficient (Wildman–Crippen LogP) is -0.982. The van der Waals surface area contributed by atoms with E-state index in [1.54, 1.807) is 18.2 Å². The van der Waals surface area contributed by atoms with Crippen LogP contribution in [0, 0.1) is 0 Å². The second-order valence-corrected chi connectivity index (χ2v) is 3.75. The van der Waals surface area contributed by atoms with Gasteiger partial charge in [0.25, 0.3) is 0 Å². The van der Waals surface area contributed by atoms with Gasteiger partial charge in [-0.2, -0.15) is 0 Å². The number of hydrogen-bond acceptors (Lipinski definition) is 3. The third-order valence-electron chi connectivity index (χ3n) is 1.49. The summed E-state index contributed by atoms with van der Waals surface area (Å²) in [5.74, 6) is -1.37. The van der Waals surface area contributed by atoms with Crippen LogP contribution in [0.15, 0.2) is 23.1 Å². The maximum absolute atomic E-state index is 10.4.